The summed E-state index contributed by atoms with van der Waals surface area (Å²) >= 11 is 3.50. The van der Waals surface area contributed by atoms with Crippen LogP contribution >= 0.6 is 15.9 Å². The summed E-state index contributed by atoms with van der Waals surface area (Å²) in [5.74, 6) is 0.878. The second kappa shape index (κ2) is 7.31. The second-order valence-electron chi connectivity index (χ2n) is 4.79. The molecular formula is C17H18BrNO3. The molecule has 0 saturated carbocycles. The molecule has 4 nitrogen and oxygen atoms in total. The number of methoxy groups -OCH3 is 2. The van der Waals surface area contributed by atoms with Crippen molar-refractivity contribution < 1.29 is 14.3 Å². The van der Waals surface area contributed by atoms with E-state index in [9.17, 15) is 4.79 Å². The number of amides is 1. The van der Waals surface area contributed by atoms with Gasteiger partial charge >= 0.3 is 0 Å². The molecule has 0 aromatic heterocycles. The fraction of sp³-hybridized carbons (Fsp3) is 0.235. The molecule has 2 rings (SSSR count). The summed E-state index contributed by atoms with van der Waals surface area (Å²) in [5.41, 5.74) is 1.52. The van der Waals surface area contributed by atoms with Crippen molar-refractivity contribution in [3.8, 4) is 11.5 Å². The lowest BCUT2D eigenvalue weighted by Crippen LogP contribution is -2.26. The summed E-state index contributed by atoms with van der Waals surface area (Å²) in [4.78, 5) is 14.3. The van der Waals surface area contributed by atoms with Gasteiger partial charge in [-0.15, -0.1) is 0 Å². The van der Waals surface area contributed by atoms with Crippen LogP contribution in [0.25, 0.3) is 0 Å². The van der Waals surface area contributed by atoms with Crippen LogP contribution in [-0.4, -0.2) is 32.1 Å². The van der Waals surface area contributed by atoms with E-state index < -0.39 is 0 Å². The second-order valence-corrected chi connectivity index (χ2v) is 5.65. The van der Waals surface area contributed by atoms with Gasteiger partial charge in [0.1, 0.15) is 0 Å². The van der Waals surface area contributed by atoms with Gasteiger partial charge in [0.2, 0.25) is 0 Å². The number of ether oxygens (including phenoxy) is 2. The minimum atomic E-state index is -0.119. The van der Waals surface area contributed by atoms with Crippen molar-refractivity contribution in [1.29, 1.82) is 0 Å². The Bertz CT molecular complexity index is 673. The van der Waals surface area contributed by atoms with Crippen LogP contribution in [0.3, 0.4) is 0 Å². The molecule has 0 saturated heterocycles. The molecule has 0 aliphatic heterocycles. The number of carbonyl (C=O) groups excluding carboxylic acids is 1. The van der Waals surface area contributed by atoms with Crippen molar-refractivity contribution in [1.82, 2.24) is 4.90 Å². The molecule has 2 aromatic rings. The number of hydrogen-bond donors (Lipinski definition) is 0. The van der Waals surface area contributed by atoms with Gasteiger partial charge in [-0.1, -0.05) is 40.2 Å². The van der Waals surface area contributed by atoms with E-state index in [0.29, 0.717) is 23.6 Å². The molecule has 0 aliphatic rings. The van der Waals surface area contributed by atoms with Crippen LogP contribution in [0.1, 0.15) is 15.9 Å². The summed E-state index contributed by atoms with van der Waals surface area (Å²) in [6.45, 7) is 0.501. The molecule has 0 radical (unpaired) electrons. The maximum absolute atomic E-state index is 12.7. The minimum absolute atomic E-state index is 0.119. The highest BCUT2D eigenvalue weighted by Crippen LogP contribution is 2.31. The third kappa shape index (κ3) is 3.42. The zero-order valence-corrected chi connectivity index (χ0v) is 14.4. The fourth-order valence-electron chi connectivity index (χ4n) is 2.22. The lowest BCUT2D eigenvalue weighted by Gasteiger charge is -2.20. The quantitative estimate of drug-likeness (QED) is 0.812. The summed E-state index contributed by atoms with van der Waals surface area (Å²) in [6.07, 6.45) is 0. The van der Waals surface area contributed by atoms with Crippen LogP contribution in [0, 0.1) is 0 Å². The van der Waals surface area contributed by atoms with Gasteiger partial charge in [-0.2, -0.15) is 0 Å². The topological polar surface area (TPSA) is 38.8 Å². The highest BCUT2D eigenvalue weighted by molar-refractivity contribution is 9.10. The summed E-state index contributed by atoms with van der Waals surface area (Å²) in [5, 5.41) is 0. The number of halogens is 1. The summed E-state index contributed by atoms with van der Waals surface area (Å²) in [6, 6.07) is 13.1. The van der Waals surface area contributed by atoms with Gasteiger partial charge in [0.05, 0.1) is 19.8 Å². The van der Waals surface area contributed by atoms with E-state index in [1.54, 1.807) is 37.3 Å². The predicted molar refractivity (Wildman–Crippen MR) is 89.5 cm³/mol. The Morgan fingerprint density at radius 2 is 1.82 bits per heavy atom. The van der Waals surface area contributed by atoms with Crippen LogP contribution in [0.2, 0.25) is 0 Å². The molecule has 0 heterocycles. The van der Waals surface area contributed by atoms with E-state index in [-0.39, 0.29) is 5.91 Å². The molecule has 0 bridgehead atoms. The number of benzene rings is 2. The zero-order valence-electron chi connectivity index (χ0n) is 12.8. The van der Waals surface area contributed by atoms with Gasteiger partial charge < -0.3 is 14.4 Å². The van der Waals surface area contributed by atoms with E-state index in [4.69, 9.17) is 9.47 Å². The minimum Gasteiger partial charge on any atom is -0.493 e. The molecule has 116 valence electrons. The average Bonchev–Trinajstić information content (AvgIpc) is 2.55. The maximum atomic E-state index is 12.7. The molecule has 0 spiro atoms. The first-order chi connectivity index (χ1) is 10.6. The van der Waals surface area contributed by atoms with Gasteiger partial charge in [-0.25, -0.2) is 0 Å². The van der Waals surface area contributed by atoms with E-state index in [2.05, 4.69) is 15.9 Å². The van der Waals surface area contributed by atoms with E-state index in [0.717, 1.165) is 10.0 Å². The fourth-order valence-corrected chi connectivity index (χ4v) is 2.63. The first kappa shape index (κ1) is 16.4. The molecule has 22 heavy (non-hydrogen) atoms. The molecule has 0 atom stereocenters. The SMILES string of the molecule is COc1cccc(C(=O)N(C)Cc2ccccc2Br)c1OC. The van der Waals surface area contributed by atoms with Crippen LogP contribution in [0.4, 0.5) is 0 Å². The first-order valence-corrected chi connectivity index (χ1v) is 7.57. The lowest BCUT2D eigenvalue weighted by atomic mass is 10.1. The first-order valence-electron chi connectivity index (χ1n) is 6.78. The van der Waals surface area contributed by atoms with E-state index >= 15 is 0 Å². The Balaban J connectivity index is 2.26. The number of rotatable bonds is 5. The smallest absolute Gasteiger partial charge is 0.257 e. The van der Waals surface area contributed by atoms with Crippen molar-refractivity contribution in [2.24, 2.45) is 0 Å². The average molecular weight is 364 g/mol. The van der Waals surface area contributed by atoms with Crippen molar-refractivity contribution >= 4 is 21.8 Å². The van der Waals surface area contributed by atoms with Crippen molar-refractivity contribution in [3.63, 3.8) is 0 Å². The summed E-state index contributed by atoms with van der Waals surface area (Å²) in [7, 11) is 4.85. The Morgan fingerprint density at radius 3 is 2.45 bits per heavy atom. The van der Waals surface area contributed by atoms with Crippen LogP contribution in [0.5, 0.6) is 11.5 Å². The Labute approximate surface area is 138 Å². The van der Waals surface area contributed by atoms with Gasteiger partial charge in [0.15, 0.2) is 11.5 Å². The molecule has 0 unspecified atom stereocenters. The molecule has 0 N–H and O–H groups in total. The third-order valence-electron chi connectivity index (χ3n) is 3.35. The normalized spacial score (nSPS) is 10.2. The zero-order chi connectivity index (χ0) is 16.1. The van der Waals surface area contributed by atoms with Gasteiger partial charge in [-0.3, -0.25) is 4.79 Å². The van der Waals surface area contributed by atoms with E-state index in [1.807, 2.05) is 24.3 Å². The lowest BCUT2D eigenvalue weighted by molar-refractivity contribution is 0.0781. The highest BCUT2D eigenvalue weighted by atomic mass is 79.9. The van der Waals surface area contributed by atoms with Crippen molar-refractivity contribution in [3.05, 3.63) is 58.1 Å². The Morgan fingerprint density at radius 1 is 1.09 bits per heavy atom. The highest BCUT2D eigenvalue weighted by Gasteiger charge is 2.20. The van der Waals surface area contributed by atoms with Crippen LogP contribution in [-0.2, 0) is 6.54 Å². The van der Waals surface area contributed by atoms with Crippen molar-refractivity contribution in [2.75, 3.05) is 21.3 Å². The molecule has 1 amide bonds. The number of nitrogens with zero attached hydrogens (tertiary/aromatic N) is 1. The number of hydrogen-bond acceptors (Lipinski definition) is 3. The standard InChI is InChI=1S/C17H18BrNO3/c1-19(11-12-7-4-5-9-14(12)18)17(20)13-8-6-10-15(21-2)16(13)22-3/h4-10H,11H2,1-3H3. The summed E-state index contributed by atoms with van der Waals surface area (Å²) < 4.78 is 11.6. The monoisotopic (exact) mass is 363 g/mol. The molecular weight excluding hydrogens is 346 g/mol. The molecule has 0 aliphatic carbocycles. The van der Waals surface area contributed by atoms with Crippen LogP contribution in [0.15, 0.2) is 46.9 Å². The maximum Gasteiger partial charge on any atom is 0.257 e. The van der Waals surface area contributed by atoms with Gasteiger partial charge in [0, 0.05) is 18.1 Å². The predicted octanol–water partition coefficient (Wildman–Crippen LogP) is 3.74. The Kier molecular flexibility index (Phi) is 5.44. The number of para-hydroxylation sites is 1. The molecule has 5 heteroatoms. The number of carbonyl (C=O) groups is 1. The van der Waals surface area contributed by atoms with Crippen LogP contribution < -0.4 is 9.47 Å². The third-order valence-corrected chi connectivity index (χ3v) is 4.12. The van der Waals surface area contributed by atoms with Gasteiger partial charge in [-0.05, 0) is 23.8 Å². The Hall–Kier alpha value is -2.01. The molecule has 2 aromatic carbocycles. The largest absolute Gasteiger partial charge is 0.493 e. The van der Waals surface area contributed by atoms with Gasteiger partial charge in [0.25, 0.3) is 5.91 Å². The van der Waals surface area contributed by atoms with E-state index in [1.165, 1.54) is 7.11 Å². The molecule has 0 fully saturated rings. The van der Waals surface area contributed by atoms with Crippen molar-refractivity contribution in [2.45, 2.75) is 6.54 Å².